The second-order valence-corrected chi connectivity index (χ2v) is 3.34. The number of hydrogen-bond acceptors (Lipinski definition) is 0. The zero-order valence-corrected chi connectivity index (χ0v) is 10.2. The van der Waals surface area contributed by atoms with E-state index in [1.807, 2.05) is 0 Å². The van der Waals surface area contributed by atoms with Crippen LogP contribution in [0.4, 0.5) is 0 Å². The second-order valence-electron chi connectivity index (χ2n) is 0.0714. The van der Waals surface area contributed by atoms with Crippen LogP contribution in [0.2, 0.25) is 0 Å². The molecule has 0 aromatic rings. The van der Waals surface area contributed by atoms with Crippen LogP contribution in [0.5, 0.6) is 0 Å². The molecule has 0 aliphatic heterocycles. The SMILES string of the molecule is [Cl][Ge][Cl].[Ir].[Pt]. The van der Waals surface area contributed by atoms with Gasteiger partial charge in [0.1, 0.15) is 0 Å². The third-order valence-corrected chi connectivity index (χ3v) is 0. The van der Waals surface area contributed by atoms with E-state index in [2.05, 4.69) is 0 Å². The molecular weight excluding hydrogens is 531 g/mol. The van der Waals surface area contributed by atoms with Gasteiger partial charge in [-0.3, -0.25) is 0 Å². The average Bonchev–Trinajstić information content (AvgIpc) is 0.918. The zero-order valence-electron chi connectivity index (χ0n) is 1.91. The first-order valence-electron chi connectivity index (χ1n) is 0.378. The van der Waals surface area contributed by atoms with Gasteiger partial charge in [-0.05, 0) is 0 Å². The van der Waals surface area contributed by atoms with Crippen LogP contribution in [-0.4, -0.2) is 13.6 Å². The number of hydrogen-bond donors (Lipinski definition) is 0. The fourth-order valence-electron chi connectivity index (χ4n) is 0. The van der Waals surface area contributed by atoms with Crippen molar-refractivity contribution in [2.45, 2.75) is 0 Å². The van der Waals surface area contributed by atoms with Gasteiger partial charge in [0.2, 0.25) is 0 Å². The molecule has 3 radical (unpaired) electrons. The molecule has 0 bridgehead atoms. The van der Waals surface area contributed by atoms with Gasteiger partial charge < -0.3 is 0 Å². The van der Waals surface area contributed by atoms with Crippen LogP contribution in [0, 0.1) is 0 Å². The van der Waals surface area contributed by atoms with Crippen molar-refractivity contribution < 1.29 is 41.2 Å². The zero-order chi connectivity index (χ0) is 2.71. The van der Waals surface area contributed by atoms with Crippen LogP contribution in [0.15, 0.2) is 0 Å². The van der Waals surface area contributed by atoms with Gasteiger partial charge in [-0.15, -0.1) is 0 Å². The van der Waals surface area contributed by atoms with Crippen LogP contribution in [0.25, 0.3) is 0 Å². The summed E-state index contributed by atoms with van der Waals surface area (Å²) >= 11 is -0.556. The predicted molar refractivity (Wildman–Crippen MR) is 17.5 cm³/mol. The molecule has 0 aromatic heterocycles. The van der Waals surface area contributed by atoms with E-state index in [1.165, 1.54) is 0 Å². The van der Waals surface area contributed by atoms with E-state index in [0.717, 1.165) is 0 Å². The van der Waals surface area contributed by atoms with Gasteiger partial charge in [0.15, 0.2) is 0 Å². The van der Waals surface area contributed by atoms with E-state index < -0.39 is 13.6 Å². The van der Waals surface area contributed by atoms with Gasteiger partial charge >= 0.3 is 33.6 Å². The van der Waals surface area contributed by atoms with Crippen LogP contribution >= 0.6 is 20.0 Å². The van der Waals surface area contributed by atoms with E-state index in [0.29, 0.717) is 0 Å². The average molecular weight is 531 g/mol. The molecule has 0 N–H and O–H groups in total. The summed E-state index contributed by atoms with van der Waals surface area (Å²) in [6, 6.07) is 0. The van der Waals surface area contributed by atoms with E-state index in [9.17, 15) is 0 Å². The molecule has 0 heterocycles. The van der Waals surface area contributed by atoms with Crippen LogP contribution in [0.1, 0.15) is 0 Å². The topological polar surface area (TPSA) is 0 Å². The Morgan fingerprint density at radius 2 is 1.20 bits per heavy atom. The Kier molecular flexibility index (Phi) is 50.4. The first-order valence-corrected chi connectivity index (χ1v) is 5.89. The van der Waals surface area contributed by atoms with Gasteiger partial charge in [-0.2, -0.15) is 0 Å². The molecule has 0 spiro atoms. The monoisotopic (exact) mass is 532 g/mol. The van der Waals surface area contributed by atoms with Gasteiger partial charge in [0.05, 0.1) is 0 Å². The Morgan fingerprint density at radius 1 is 1.20 bits per heavy atom. The Bertz CT molecular complexity index is 9.61. The molecular formula is Cl2GeIrPt. The maximum absolute atomic E-state index is 4.89. The maximum atomic E-state index is 4.89. The molecule has 0 unspecified atom stereocenters. The van der Waals surface area contributed by atoms with Crippen LogP contribution in [0.3, 0.4) is 0 Å². The summed E-state index contributed by atoms with van der Waals surface area (Å²) in [5, 5.41) is 0. The smallest absolute Gasteiger partial charge is 0 e. The van der Waals surface area contributed by atoms with Crippen LogP contribution in [-0.2, 0) is 41.2 Å². The van der Waals surface area contributed by atoms with Crippen molar-refractivity contribution in [1.82, 2.24) is 0 Å². The Balaban J connectivity index is -0.0000000200. The van der Waals surface area contributed by atoms with Crippen molar-refractivity contribution in [1.29, 1.82) is 0 Å². The van der Waals surface area contributed by atoms with E-state index in [-0.39, 0.29) is 41.2 Å². The molecule has 0 fully saturated rings. The van der Waals surface area contributed by atoms with Crippen molar-refractivity contribution in [2.24, 2.45) is 0 Å². The Labute approximate surface area is 73.8 Å². The summed E-state index contributed by atoms with van der Waals surface area (Å²) in [4.78, 5) is 0. The molecule has 0 saturated carbocycles. The standard InChI is InChI=1S/Cl2Ge.Ir.Pt/c1-3-2;;. The molecule has 0 aliphatic carbocycles. The molecule has 0 atom stereocenters. The summed E-state index contributed by atoms with van der Waals surface area (Å²) in [5.74, 6) is 0. The van der Waals surface area contributed by atoms with Crippen molar-refractivity contribution in [2.75, 3.05) is 0 Å². The normalized spacial score (nSPS) is 3.60. The summed E-state index contributed by atoms with van der Waals surface area (Å²) < 4.78 is 0. The van der Waals surface area contributed by atoms with Crippen LogP contribution < -0.4 is 0 Å². The van der Waals surface area contributed by atoms with E-state index >= 15 is 0 Å². The summed E-state index contributed by atoms with van der Waals surface area (Å²) in [6.07, 6.45) is 0. The summed E-state index contributed by atoms with van der Waals surface area (Å²) in [7, 11) is 9.78. The third kappa shape index (κ3) is 21.2. The maximum Gasteiger partial charge on any atom is 0 e. The largest absolute Gasteiger partial charge is 0 e. The van der Waals surface area contributed by atoms with Gasteiger partial charge in [-0.25, -0.2) is 0 Å². The molecule has 0 saturated heterocycles. The number of rotatable bonds is 0. The quantitative estimate of drug-likeness (QED) is 0.410. The number of halogens is 2. The van der Waals surface area contributed by atoms with Crippen molar-refractivity contribution in [3.8, 4) is 0 Å². The fraction of sp³-hybridized carbons (Fsp3) is 0. The summed E-state index contributed by atoms with van der Waals surface area (Å²) in [5.41, 5.74) is 0. The van der Waals surface area contributed by atoms with Gasteiger partial charge in [-0.1, -0.05) is 0 Å². The molecule has 37 valence electrons. The predicted octanol–water partition coefficient (Wildman–Crippen LogP) is 0.993. The minimum atomic E-state index is -0.556. The van der Waals surface area contributed by atoms with Crippen molar-refractivity contribution in [3.63, 3.8) is 0 Å². The van der Waals surface area contributed by atoms with Gasteiger partial charge in [0.25, 0.3) is 0 Å². The molecule has 0 amide bonds. The minimum Gasteiger partial charge on any atom is 0 e. The Hall–Kier alpha value is 2.46. The van der Waals surface area contributed by atoms with Gasteiger partial charge in [0, 0.05) is 41.2 Å². The first kappa shape index (κ1) is 15.7. The second kappa shape index (κ2) is 16.1. The Morgan fingerprint density at radius 3 is 1.20 bits per heavy atom. The fourth-order valence-corrected chi connectivity index (χ4v) is 0. The van der Waals surface area contributed by atoms with E-state index in [1.54, 1.807) is 0 Å². The minimum absolute atomic E-state index is 0. The van der Waals surface area contributed by atoms with Crippen molar-refractivity contribution in [3.05, 3.63) is 0 Å². The molecule has 0 rings (SSSR count). The molecule has 0 aromatic carbocycles. The molecule has 5 heteroatoms. The summed E-state index contributed by atoms with van der Waals surface area (Å²) in [6.45, 7) is 0. The molecule has 0 aliphatic rings. The molecule has 5 heavy (non-hydrogen) atoms. The van der Waals surface area contributed by atoms with E-state index in [4.69, 9.17) is 20.0 Å². The van der Waals surface area contributed by atoms with Crippen molar-refractivity contribution >= 4 is 33.6 Å². The third-order valence-electron chi connectivity index (χ3n) is 0. The first-order chi connectivity index (χ1) is 1.41. The molecule has 0 nitrogen and oxygen atoms in total.